The Kier molecular flexibility index (Phi) is 877. The minimum atomic E-state index is 0. The van der Waals surface area contributed by atoms with Crippen molar-refractivity contribution in [2.75, 3.05) is 0 Å². The molecular weight excluding hydrogens is 288 g/mol. The van der Waals surface area contributed by atoms with Gasteiger partial charge in [-0.15, -0.1) is 0 Å². The van der Waals surface area contributed by atoms with Crippen molar-refractivity contribution in [2.45, 2.75) is 0 Å². The maximum absolute atomic E-state index is 0. The summed E-state index contributed by atoms with van der Waals surface area (Å²) in [6, 6.07) is 0. The smallest absolute Gasteiger partial charge is 1.00 e. The number of hydrogen-bond donors (Lipinski definition) is 0. The molecule has 0 fully saturated rings. The first kappa shape index (κ1) is 93.1. The molecule has 0 aliphatic rings. The standard InChI is InChI=1S/Eu.Mg.4H2O.Ti.2H/h;;4*1H2;;;/q;+2;;;;;;2*-1. The molecule has 0 aliphatic carbocycles. The first-order valence-electron chi connectivity index (χ1n) is 0. The Balaban J connectivity index is 0. The third-order valence-electron chi connectivity index (χ3n) is 0. The van der Waals surface area contributed by atoms with Crippen LogP contribution in [0.1, 0.15) is 2.85 Å². The predicted molar refractivity (Wildman–Crippen MR) is 22.4 cm³/mol. The first-order chi connectivity index (χ1) is 0. The molecule has 0 aromatic rings. The molecule has 8 N–H and O–H groups in total. The van der Waals surface area contributed by atoms with Crippen LogP contribution >= 0.6 is 0 Å². The maximum Gasteiger partial charge on any atom is 2.00 e. The van der Waals surface area contributed by atoms with E-state index in [1.165, 1.54) is 0 Å². The van der Waals surface area contributed by atoms with Crippen molar-refractivity contribution in [3.05, 3.63) is 0 Å². The van der Waals surface area contributed by atoms with Crippen molar-refractivity contribution in [3.63, 3.8) is 0 Å². The summed E-state index contributed by atoms with van der Waals surface area (Å²) in [6.07, 6.45) is 0. The van der Waals surface area contributed by atoms with E-state index in [-0.39, 0.29) is 119 Å². The molecule has 0 aliphatic heterocycles. The van der Waals surface area contributed by atoms with E-state index in [0.29, 0.717) is 0 Å². The molecule has 1 radical (unpaired) electrons. The summed E-state index contributed by atoms with van der Waals surface area (Å²) in [5, 5.41) is 0. The van der Waals surface area contributed by atoms with Gasteiger partial charge in [0.25, 0.3) is 0 Å². The fourth-order valence-corrected chi connectivity index (χ4v) is 0. The summed E-state index contributed by atoms with van der Waals surface area (Å²) in [6.45, 7) is 0. The maximum atomic E-state index is 0. The molecule has 0 rings (SSSR count). The van der Waals surface area contributed by atoms with Gasteiger partial charge in [0.2, 0.25) is 0 Å². The van der Waals surface area contributed by atoms with Gasteiger partial charge in [-0.2, -0.15) is 0 Å². The molecule has 0 bridgehead atoms. The minimum absolute atomic E-state index is 0. The summed E-state index contributed by atoms with van der Waals surface area (Å²) in [7, 11) is 0. The Morgan fingerprint density at radius 1 is 0.714 bits per heavy atom. The van der Waals surface area contributed by atoms with Crippen molar-refractivity contribution in [3.8, 4) is 0 Å². The monoisotopic (exact) mass is 299 g/mol. The second kappa shape index (κ2) is 65.9. The molecular formula is H10EuMgO4Ti. The summed E-state index contributed by atoms with van der Waals surface area (Å²) >= 11 is 0. The Hall–Kier alpha value is 2.90. The summed E-state index contributed by atoms with van der Waals surface area (Å²) in [4.78, 5) is 0. The summed E-state index contributed by atoms with van der Waals surface area (Å²) in [5.41, 5.74) is 0. The molecule has 0 heterocycles. The quantitative estimate of drug-likeness (QED) is 0.412. The van der Waals surface area contributed by atoms with Gasteiger partial charge in [0.1, 0.15) is 0 Å². The number of hydrogen-bond acceptors (Lipinski definition) is 0. The number of rotatable bonds is 0. The molecule has 0 aromatic carbocycles. The SMILES string of the molecule is O.O.O.O.[Eu].[H-].[H-].[Mg+2].[Ti]. The second-order valence-corrected chi connectivity index (χ2v) is 0. The second-order valence-electron chi connectivity index (χ2n) is 0. The van der Waals surface area contributed by atoms with Crippen LogP contribution in [-0.4, -0.2) is 45.0 Å². The van der Waals surface area contributed by atoms with Gasteiger partial charge in [-0.1, -0.05) is 0 Å². The molecule has 4 nitrogen and oxygen atoms in total. The van der Waals surface area contributed by atoms with E-state index >= 15 is 0 Å². The first-order valence-corrected chi connectivity index (χ1v) is 0. The molecule has 0 saturated heterocycles. The Morgan fingerprint density at radius 2 is 0.714 bits per heavy atom. The summed E-state index contributed by atoms with van der Waals surface area (Å²) in [5.74, 6) is 0. The van der Waals surface area contributed by atoms with Crippen molar-refractivity contribution >= 4 is 23.1 Å². The Morgan fingerprint density at radius 3 is 0.714 bits per heavy atom. The third-order valence-corrected chi connectivity index (χ3v) is 0. The van der Waals surface area contributed by atoms with Gasteiger partial charge in [0.15, 0.2) is 0 Å². The van der Waals surface area contributed by atoms with Crippen LogP contribution in [0.2, 0.25) is 0 Å². The van der Waals surface area contributed by atoms with E-state index < -0.39 is 0 Å². The van der Waals surface area contributed by atoms with Gasteiger partial charge in [0, 0.05) is 71.1 Å². The normalized spacial score (nSPS) is 0. The predicted octanol–water partition coefficient (Wildman–Crippen LogP) is -3.46. The average molecular weight is 298 g/mol. The average Bonchev–Trinajstić information content (AvgIpc) is 0. The molecule has 0 atom stereocenters. The van der Waals surface area contributed by atoms with Crippen LogP contribution < -0.4 is 0 Å². The van der Waals surface area contributed by atoms with E-state index in [9.17, 15) is 0 Å². The van der Waals surface area contributed by atoms with E-state index in [2.05, 4.69) is 0 Å². The molecule has 7 heteroatoms. The van der Waals surface area contributed by atoms with Gasteiger partial charge in [-0.25, -0.2) is 0 Å². The molecule has 0 amide bonds. The van der Waals surface area contributed by atoms with Gasteiger partial charge in [0.05, 0.1) is 0 Å². The van der Waals surface area contributed by atoms with Crippen LogP contribution in [0.5, 0.6) is 0 Å². The van der Waals surface area contributed by atoms with Gasteiger partial charge in [-0.3, -0.25) is 0 Å². The fourth-order valence-electron chi connectivity index (χ4n) is 0. The molecule has 0 saturated carbocycles. The Labute approximate surface area is 117 Å². The van der Waals surface area contributed by atoms with Crippen molar-refractivity contribution < 1.29 is 95.9 Å². The zero-order chi connectivity index (χ0) is 0. The minimum Gasteiger partial charge on any atom is -1.00 e. The molecule has 0 unspecified atom stereocenters. The molecule has 0 spiro atoms. The van der Waals surface area contributed by atoms with Crippen LogP contribution in [0, 0.1) is 49.4 Å². The van der Waals surface area contributed by atoms with Crippen LogP contribution in [0.25, 0.3) is 0 Å². The van der Waals surface area contributed by atoms with Crippen molar-refractivity contribution in [1.29, 1.82) is 0 Å². The Bertz CT molecular complexity index is 18.5. The van der Waals surface area contributed by atoms with Crippen LogP contribution in [0.4, 0.5) is 0 Å². The van der Waals surface area contributed by atoms with E-state index in [1.807, 2.05) is 0 Å². The van der Waals surface area contributed by atoms with Crippen LogP contribution in [0.3, 0.4) is 0 Å². The van der Waals surface area contributed by atoms with Crippen LogP contribution in [0.15, 0.2) is 0 Å². The summed E-state index contributed by atoms with van der Waals surface area (Å²) < 4.78 is 0. The molecule has 0 aromatic heterocycles. The zero-order valence-corrected chi connectivity index (χ0v) is 8.99. The third kappa shape index (κ3) is 50.3. The van der Waals surface area contributed by atoms with Gasteiger partial charge >= 0.3 is 23.1 Å². The zero-order valence-electron chi connectivity index (χ0n) is 5.59. The molecule has 47 valence electrons. The largest absolute Gasteiger partial charge is 2.00 e. The van der Waals surface area contributed by atoms with E-state index in [0.717, 1.165) is 0 Å². The van der Waals surface area contributed by atoms with Gasteiger partial charge in [-0.05, 0) is 0 Å². The van der Waals surface area contributed by atoms with E-state index in [4.69, 9.17) is 0 Å². The van der Waals surface area contributed by atoms with Gasteiger partial charge < -0.3 is 24.8 Å². The van der Waals surface area contributed by atoms with Crippen molar-refractivity contribution in [1.82, 2.24) is 0 Å². The van der Waals surface area contributed by atoms with E-state index in [1.54, 1.807) is 0 Å². The van der Waals surface area contributed by atoms with Crippen LogP contribution in [-0.2, 0) is 21.7 Å². The topological polar surface area (TPSA) is 126 Å². The van der Waals surface area contributed by atoms with Crippen molar-refractivity contribution in [2.24, 2.45) is 0 Å². The fraction of sp³-hybridized carbons (Fsp3) is 0. The molecule has 7 heavy (non-hydrogen) atoms.